The van der Waals surface area contributed by atoms with Crippen LogP contribution in [0.25, 0.3) is 0 Å². The fourth-order valence-electron chi connectivity index (χ4n) is 3.47. The molecule has 1 aromatic heterocycles. The summed E-state index contributed by atoms with van der Waals surface area (Å²) in [5.74, 6) is -0.745. The zero-order valence-corrected chi connectivity index (χ0v) is 16.1. The maximum Gasteiger partial charge on any atom is 0.416 e. The van der Waals surface area contributed by atoms with Gasteiger partial charge in [-0.1, -0.05) is 26.0 Å². The van der Waals surface area contributed by atoms with Crippen LogP contribution in [-0.2, 0) is 19.0 Å². The van der Waals surface area contributed by atoms with Gasteiger partial charge >= 0.3 is 6.18 Å². The molecule has 0 saturated heterocycles. The fourth-order valence-corrected chi connectivity index (χ4v) is 3.47. The van der Waals surface area contributed by atoms with Gasteiger partial charge in [-0.05, 0) is 42.0 Å². The Bertz CT molecular complexity index is 1010. The molecule has 0 saturated carbocycles. The van der Waals surface area contributed by atoms with Crippen LogP contribution in [0.15, 0.2) is 35.1 Å². The second kappa shape index (κ2) is 7.50. The van der Waals surface area contributed by atoms with E-state index in [9.17, 15) is 27.6 Å². The minimum atomic E-state index is -4.40. The van der Waals surface area contributed by atoms with Crippen molar-refractivity contribution < 1.29 is 22.8 Å². The summed E-state index contributed by atoms with van der Waals surface area (Å²) in [6.07, 6.45) is -3.22. The summed E-state index contributed by atoms with van der Waals surface area (Å²) in [6, 6.07) is 6.00. The lowest BCUT2D eigenvalue weighted by Crippen LogP contribution is -2.35. The van der Waals surface area contributed by atoms with Crippen LogP contribution in [0.5, 0.6) is 0 Å². The van der Waals surface area contributed by atoms with E-state index in [-0.39, 0.29) is 23.3 Å². The summed E-state index contributed by atoms with van der Waals surface area (Å²) in [5, 5.41) is 2.58. The van der Waals surface area contributed by atoms with Crippen LogP contribution in [0.3, 0.4) is 0 Å². The van der Waals surface area contributed by atoms with Gasteiger partial charge in [0.1, 0.15) is 5.56 Å². The number of rotatable bonds is 4. The van der Waals surface area contributed by atoms with E-state index in [2.05, 4.69) is 10.3 Å². The summed E-state index contributed by atoms with van der Waals surface area (Å²) < 4.78 is 37.7. The number of carbonyl (C=O) groups is 2. The quantitative estimate of drug-likeness (QED) is 0.816. The van der Waals surface area contributed by atoms with Crippen molar-refractivity contribution >= 4 is 11.7 Å². The number of amides is 1. The third kappa shape index (κ3) is 4.75. The number of carbonyl (C=O) groups excluding carboxylic acids is 2. The van der Waals surface area contributed by atoms with Crippen LogP contribution >= 0.6 is 0 Å². The van der Waals surface area contributed by atoms with Crippen LogP contribution in [-0.4, -0.2) is 23.2 Å². The van der Waals surface area contributed by atoms with Gasteiger partial charge in [-0.2, -0.15) is 13.2 Å². The van der Waals surface area contributed by atoms with Gasteiger partial charge in [0.15, 0.2) is 5.78 Å². The van der Waals surface area contributed by atoms with Crippen molar-refractivity contribution in [3.05, 3.63) is 68.6 Å². The predicted octanol–water partition coefficient (Wildman–Crippen LogP) is 3.52. The molecule has 0 unspecified atom stereocenters. The van der Waals surface area contributed by atoms with Gasteiger partial charge in [0.2, 0.25) is 0 Å². The van der Waals surface area contributed by atoms with Crippen molar-refractivity contribution in [1.29, 1.82) is 0 Å². The normalized spacial score (nSPS) is 15.7. The number of pyridine rings is 1. The number of nitrogens with one attached hydrogen (secondary N) is 2. The van der Waals surface area contributed by atoms with E-state index in [1.54, 1.807) is 0 Å². The first-order valence-corrected chi connectivity index (χ1v) is 9.20. The Morgan fingerprint density at radius 3 is 2.41 bits per heavy atom. The SMILES string of the molecule is CC1(C)CC(=O)c2cc(C(=O)NCCc3ccc(C(F)(F)F)cc3)c(=O)[nH]c2C1. The Balaban J connectivity index is 1.67. The average Bonchev–Trinajstić information content (AvgIpc) is 2.59. The molecule has 0 bridgehead atoms. The summed E-state index contributed by atoms with van der Waals surface area (Å²) in [5.41, 5.74) is -0.188. The van der Waals surface area contributed by atoms with Gasteiger partial charge in [-0.3, -0.25) is 14.4 Å². The van der Waals surface area contributed by atoms with Gasteiger partial charge in [0.05, 0.1) is 5.56 Å². The smallest absolute Gasteiger partial charge is 0.352 e. The number of hydrogen-bond donors (Lipinski definition) is 2. The first-order chi connectivity index (χ1) is 13.5. The Morgan fingerprint density at radius 1 is 1.14 bits per heavy atom. The number of aromatic amines is 1. The molecule has 1 heterocycles. The molecule has 2 aromatic rings. The summed E-state index contributed by atoms with van der Waals surface area (Å²) in [7, 11) is 0. The van der Waals surface area contributed by atoms with Crippen LogP contribution in [0.2, 0.25) is 0 Å². The van der Waals surface area contributed by atoms with Crippen LogP contribution < -0.4 is 10.9 Å². The lowest BCUT2D eigenvalue weighted by atomic mass is 9.75. The maximum atomic E-state index is 12.6. The molecule has 154 valence electrons. The maximum absolute atomic E-state index is 12.6. The highest BCUT2D eigenvalue weighted by molar-refractivity contribution is 6.02. The lowest BCUT2D eigenvalue weighted by molar-refractivity contribution is -0.137. The zero-order chi connectivity index (χ0) is 21.4. The third-order valence-corrected chi connectivity index (χ3v) is 4.94. The molecular formula is C21H21F3N2O3. The highest BCUT2D eigenvalue weighted by Crippen LogP contribution is 2.33. The molecule has 0 aliphatic heterocycles. The van der Waals surface area contributed by atoms with Crippen molar-refractivity contribution in [2.75, 3.05) is 6.54 Å². The van der Waals surface area contributed by atoms with E-state index in [1.807, 2.05) is 13.8 Å². The Hall–Kier alpha value is -2.90. The molecule has 5 nitrogen and oxygen atoms in total. The van der Waals surface area contributed by atoms with Gasteiger partial charge in [0, 0.05) is 24.2 Å². The molecule has 1 aromatic carbocycles. The Kier molecular flexibility index (Phi) is 5.38. The fraction of sp³-hybridized carbons (Fsp3) is 0.381. The van der Waals surface area contributed by atoms with Crippen LogP contribution in [0.1, 0.15) is 57.8 Å². The first kappa shape index (κ1) is 20.8. The second-order valence-electron chi connectivity index (χ2n) is 8.05. The number of alkyl halides is 3. The molecule has 0 radical (unpaired) electrons. The van der Waals surface area contributed by atoms with Gasteiger partial charge in [-0.15, -0.1) is 0 Å². The van der Waals surface area contributed by atoms with E-state index in [1.165, 1.54) is 18.2 Å². The number of halogens is 3. The predicted molar refractivity (Wildman–Crippen MR) is 101 cm³/mol. The van der Waals surface area contributed by atoms with E-state index in [0.717, 1.165) is 12.1 Å². The molecule has 0 atom stereocenters. The van der Waals surface area contributed by atoms with Gasteiger partial charge < -0.3 is 10.3 Å². The van der Waals surface area contributed by atoms with E-state index < -0.39 is 23.2 Å². The first-order valence-electron chi connectivity index (χ1n) is 9.20. The van der Waals surface area contributed by atoms with Crippen molar-refractivity contribution in [3.8, 4) is 0 Å². The van der Waals surface area contributed by atoms with Crippen molar-refractivity contribution in [2.24, 2.45) is 5.41 Å². The minimum Gasteiger partial charge on any atom is -0.352 e. The number of H-pyrrole nitrogens is 1. The number of ketones is 1. The van der Waals surface area contributed by atoms with Gasteiger partial charge in [-0.25, -0.2) is 0 Å². The molecule has 1 aliphatic carbocycles. The molecule has 29 heavy (non-hydrogen) atoms. The standard InChI is InChI=1S/C21H21F3N2O3/c1-20(2)10-16-14(17(27)11-20)9-15(19(29)26-16)18(28)25-8-7-12-3-5-13(6-4-12)21(22,23)24/h3-6,9H,7-8,10-11H2,1-2H3,(H,25,28)(H,26,29). The summed E-state index contributed by atoms with van der Waals surface area (Å²) in [6.45, 7) is 4.02. The number of fused-ring (bicyclic) bond motifs is 1. The lowest BCUT2D eigenvalue weighted by Gasteiger charge is -2.29. The highest BCUT2D eigenvalue weighted by atomic mass is 19.4. The molecule has 0 fully saturated rings. The van der Waals surface area contributed by atoms with Crippen molar-refractivity contribution in [1.82, 2.24) is 10.3 Å². The zero-order valence-electron chi connectivity index (χ0n) is 16.1. The number of Topliss-reactive ketones (excluding diaryl/α,β-unsaturated/α-hetero) is 1. The van der Waals surface area contributed by atoms with E-state index in [0.29, 0.717) is 36.1 Å². The molecular weight excluding hydrogens is 385 g/mol. The van der Waals surface area contributed by atoms with E-state index >= 15 is 0 Å². The van der Waals surface area contributed by atoms with E-state index in [4.69, 9.17) is 0 Å². The average molecular weight is 406 g/mol. The monoisotopic (exact) mass is 406 g/mol. The molecule has 0 spiro atoms. The highest BCUT2D eigenvalue weighted by Gasteiger charge is 2.33. The molecule has 1 amide bonds. The number of aromatic nitrogens is 1. The Labute approximate surface area is 165 Å². The molecule has 1 aliphatic rings. The topological polar surface area (TPSA) is 79.0 Å². The Morgan fingerprint density at radius 2 is 1.79 bits per heavy atom. The van der Waals surface area contributed by atoms with Crippen molar-refractivity contribution in [3.63, 3.8) is 0 Å². The number of hydrogen-bond acceptors (Lipinski definition) is 3. The molecule has 2 N–H and O–H groups in total. The second-order valence-corrected chi connectivity index (χ2v) is 8.05. The largest absolute Gasteiger partial charge is 0.416 e. The number of benzene rings is 1. The van der Waals surface area contributed by atoms with Gasteiger partial charge in [0.25, 0.3) is 11.5 Å². The minimum absolute atomic E-state index is 0.119. The molecule has 8 heteroatoms. The van der Waals surface area contributed by atoms with Crippen molar-refractivity contribution in [2.45, 2.75) is 39.3 Å². The van der Waals surface area contributed by atoms with Crippen LogP contribution in [0, 0.1) is 5.41 Å². The third-order valence-electron chi connectivity index (χ3n) is 4.94. The summed E-state index contributed by atoms with van der Waals surface area (Å²) in [4.78, 5) is 39.6. The summed E-state index contributed by atoms with van der Waals surface area (Å²) >= 11 is 0. The molecule has 3 rings (SSSR count). The van der Waals surface area contributed by atoms with Crippen LogP contribution in [0.4, 0.5) is 13.2 Å².